The van der Waals surface area contributed by atoms with Gasteiger partial charge in [0.25, 0.3) is 5.91 Å². The van der Waals surface area contributed by atoms with Crippen molar-refractivity contribution >= 4 is 17.4 Å². The molecule has 1 saturated carbocycles. The molecule has 2 aromatic rings. The van der Waals surface area contributed by atoms with E-state index in [0.717, 1.165) is 43.0 Å². The number of piperidine rings is 1. The fourth-order valence-corrected chi connectivity index (χ4v) is 4.61. The quantitative estimate of drug-likeness (QED) is 0.851. The second-order valence-corrected chi connectivity index (χ2v) is 8.53. The molecule has 1 aromatic heterocycles. The van der Waals surface area contributed by atoms with E-state index in [1.54, 1.807) is 6.07 Å². The third kappa shape index (κ3) is 3.51. The van der Waals surface area contributed by atoms with Crippen molar-refractivity contribution in [3.8, 4) is 0 Å². The number of nitrogens with zero attached hydrogens (tertiary/aromatic N) is 2. The van der Waals surface area contributed by atoms with Crippen molar-refractivity contribution in [1.82, 2.24) is 15.2 Å². The molecule has 5 rings (SSSR count). The van der Waals surface area contributed by atoms with Gasteiger partial charge in [0.1, 0.15) is 5.82 Å². The summed E-state index contributed by atoms with van der Waals surface area (Å²) in [6, 6.07) is 11.3. The molecular weight excluding hydrogens is 381 g/mol. The number of amides is 2. The third-order valence-electron chi connectivity index (χ3n) is 6.46. The van der Waals surface area contributed by atoms with Crippen molar-refractivity contribution in [3.63, 3.8) is 0 Å². The van der Waals surface area contributed by atoms with Crippen LogP contribution < -0.4 is 5.32 Å². The van der Waals surface area contributed by atoms with E-state index in [1.807, 2.05) is 23.1 Å². The van der Waals surface area contributed by atoms with Crippen LogP contribution in [-0.4, -0.2) is 40.8 Å². The minimum Gasteiger partial charge on any atom is -0.349 e. The van der Waals surface area contributed by atoms with E-state index in [4.69, 9.17) is 0 Å². The summed E-state index contributed by atoms with van der Waals surface area (Å²) in [4.78, 5) is 31.4. The van der Waals surface area contributed by atoms with Crippen LogP contribution in [0.3, 0.4) is 0 Å². The zero-order chi connectivity index (χ0) is 20.7. The molecule has 5 nitrogen and oxygen atoms in total. The number of halogens is 1. The summed E-state index contributed by atoms with van der Waals surface area (Å²) in [7, 11) is 0. The molecular formula is C24H24FN3O2. The van der Waals surface area contributed by atoms with Gasteiger partial charge < -0.3 is 10.2 Å². The summed E-state index contributed by atoms with van der Waals surface area (Å²) in [5.74, 6) is -0.382. The Morgan fingerprint density at radius 2 is 1.90 bits per heavy atom. The smallest absolute Gasteiger partial charge is 0.251 e. The Morgan fingerprint density at radius 3 is 2.60 bits per heavy atom. The molecule has 0 bridgehead atoms. The van der Waals surface area contributed by atoms with Crippen LogP contribution in [0.15, 0.2) is 48.7 Å². The summed E-state index contributed by atoms with van der Waals surface area (Å²) >= 11 is 0. The first-order valence-corrected chi connectivity index (χ1v) is 10.6. The number of nitrogens with one attached hydrogen (secondary N) is 1. The first-order chi connectivity index (χ1) is 14.5. The summed E-state index contributed by atoms with van der Waals surface area (Å²) < 4.78 is 13.0. The first-order valence-electron chi connectivity index (χ1n) is 10.6. The molecule has 1 spiro atoms. The van der Waals surface area contributed by atoms with Gasteiger partial charge in [-0.15, -0.1) is 0 Å². The Balaban J connectivity index is 1.31. The molecule has 3 aliphatic rings. The largest absolute Gasteiger partial charge is 0.349 e. The van der Waals surface area contributed by atoms with Crippen LogP contribution in [0.5, 0.6) is 0 Å². The van der Waals surface area contributed by atoms with Gasteiger partial charge in [-0.3, -0.25) is 14.6 Å². The summed E-state index contributed by atoms with van der Waals surface area (Å²) in [5, 5.41) is 3.11. The Labute approximate surface area is 175 Å². The van der Waals surface area contributed by atoms with E-state index < -0.39 is 5.82 Å². The standard InChI is InChI=1S/C24H24FN3O2/c25-16-5-6-18(26-15-16)13-22(29)28-11-9-24(10-12-28)14-20(23(30)27-17-7-8-17)19-3-1-2-4-21(19)24/h1-6,14-15,17H,7-13H2,(H,27,30). The monoisotopic (exact) mass is 405 g/mol. The molecule has 154 valence electrons. The number of fused-ring (bicyclic) bond motifs is 2. The topological polar surface area (TPSA) is 62.3 Å². The van der Waals surface area contributed by atoms with E-state index in [9.17, 15) is 14.0 Å². The zero-order valence-electron chi connectivity index (χ0n) is 16.7. The molecule has 6 heteroatoms. The van der Waals surface area contributed by atoms with Crippen molar-refractivity contribution in [1.29, 1.82) is 0 Å². The van der Waals surface area contributed by atoms with Gasteiger partial charge in [0.15, 0.2) is 0 Å². The van der Waals surface area contributed by atoms with Crippen LogP contribution in [0.4, 0.5) is 4.39 Å². The van der Waals surface area contributed by atoms with Gasteiger partial charge in [-0.2, -0.15) is 0 Å². The van der Waals surface area contributed by atoms with Gasteiger partial charge >= 0.3 is 0 Å². The number of aromatic nitrogens is 1. The molecule has 0 radical (unpaired) electrons. The van der Waals surface area contributed by atoms with Crippen LogP contribution in [0.1, 0.15) is 42.5 Å². The van der Waals surface area contributed by atoms with E-state index in [0.29, 0.717) is 24.8 Å². The molecule has 2 heterocycles. The molecule has 1 aromatic carbocycles. The van der Waals surface area contributed by atoms with Crippen LogP contribution in [0, 0.1) is 5.82 Å². The Hall–Kier alpha value is -3.02. The first kappa shape index (κ1) is 19.0. The van der Waals surface area contributed by atoms with Gasteiger partial charge in [-0.25, -0.2) is 4.39 Å². The van der Waals surface area contributed by atoms with Gasteiger partial charge in [0, 0.05) is 35.8 Å². The Bertz CT molecular complexity index is 1020. The van der Waals surface area contributed by atoms with Crippen LogP contribution in [-0.2, 0) is 21.4 Å². The lowest BCUT2D eigenvalue weighted by Gasteiger charge is -2.39. The highest BCUT2D eigenvalue weighted by Gasteiger charge is 2.43. The number of pyridine rings is 1. The maximum Gasteiger partial charge on any atom is 0.251 e. The predicted molar refractivity (Wildman–Crippen MR) is 111 cm³/mol. The predicted octanol–water partition coefficient (Wildman–Crippen LogP) is 3.00. The highest BCUT2D eigenvalue weighted by Crippen LogP contribution is 2.47. The van der Waals surface area contributed by atoms with Gasteiger partial charge in [0.05, 0.1) is 12.6 Å². The number of likely N-dealkylation sites (tertiary alicyclic amines) is 1. The molecule has 0 unspecified atom stereocenters. The molecule has 2 fully saturated rings. The van der Waals surface area contributed by atoms with E-state index >= 15 is 0 Å². The van der Waals surface area contributed by atoms with Crippen molar-refractivity contribution < 1.29 is 14.0 Å². The van der Waals surface area contributed by atoms with Crippen molar-refractivity contribution in [2.75, 3.05) is 13.1 Å². The number of rotatable bonds is 4. The summed E-state index contributed by atoms with van der Waals surface area (Å²) in [5.41, 5.74) is 3.36. The number of hydrogen-bond acceptors (Lipinski definition) is 3. The fraction of sp³-hybridized carbons (Fsp3) is 0.375. The van der Waals surface area contributed by atoms with Gasteiger partial charge in [0.2, 0.25) is 5.91 Å². The number of hydrogen-bond donors (Lipinski definition) is 1. The lowest BCUT2D eigenvalue weighted by molar-refractivity contribution is -0.132. The number of allylic oxidation sites excluding steroid dienone is 1. The SMILES string of the molecule is O=C(NC1CC1)C1=CC2(CCN(C(=O)Cc3ccc(F)cn3)CC2)c2ccccc21. The Morgan fingerprint density at radius 1 is 1.13 bits per heavy atom. The number of benzene rings is 1. The summed E-state index contributed by atoms with van der Waals surface area (Å²) in [6.45, 7) is 1.25. The van der Waals surface area contributed by atoms with E-state index in [-0.39, 0.29) is 23.7 Å². The molecule has 0 atom stereocenters. The lowest BCUT2D eigenvalue weighted by Crippen LogP contribution is -2.44. The van der Waals surface area contributed by atoms with Crippen molar-refractivity contribution in [2.24, 2.45) is 0 Å². The Kier molecular flexibility index (Phi) is 4.65. The van der Waals surface area contributed by atoms with E-state index in [1.165, 1.54) is 11.6 Å². The number of carbonyl (C=O) groups excluding carboxylic acids is 2. The highest BCUT2D eigenvalue weighted by atomic mass is 19.1. The summed E-state index contributed by atoms with van der Waals surface area (Å²) in [6.07, 6.45) is 7.15. The maximum atomic E-state index is 13.0. The van der Waals surface area contributed by atoms with Gasteiger partial charge in [-0.1, -0.05) is 30.3 Å². The average Bonchev–Trinajstić information content (AvgIpc) is 3.52. The van der Waals surface area contributed by atoms with Crippen LogP contribution in [0.25, 0.3) is 5.57 Å². The second-order valence-electron chi connectivity index (χ2n) is 8.53. The molecule has 2 amide bonds. The van der Waals surface area contributed by atoms with Crippen LogP contribution in [0.2, 0.25) is 0 Å². The average molecular weight is 405 g/mol. The lowest BCUT2D eigenvalue weighted by atomic mass is 9.74. The third-order valence-corrected chi connectivity index (χ3v) is 6.46. The minimum atomic E-state index is -0.403. The molecule has 1 N–H and O–H groups in total. The normalized spacial score (nSPS) is 19.4. The van der Waals surface area contributed by atoms with Crippen molar-refractivity contribution in [2.45, 2.75) is 43.6 Å². The number of carbonyl (C=O) groups is 2. The zero-order valence-corrected chi connectivity index (χ0v) is 16.7. The van der Waals surface area contributed by atoms with E-state index in [2.05, 4.69) is 22.4 Å². The molecule has 1 saturated heterocycles. The van der Waals surface area contributed by atoms with Crippen molar-refractivity contribution in [3.05, 3.63) is 71.3 Å². The molecule has 2 aliphatic carbocycles. The maximum absolute atomic E-state index is 13.0. The molecule has 1 aliphatic heterocycles. The second kappa shape index (κ2) is 7.35. The van der Waals surface area contributed by atoms with Crippen LogP contribution >= 0.6 is 0 Å². The van der Waals surface area contributed by atoms with Gasteiger partial charge in [-0.05, 0) is 48.9 Å². The fourth-order valence-electron chi connectivity index (χ4n) is 4.61. The molecule has 30 heavy (non-hydrogen) atoms. The minimum absolute atomic E-state index is 0.00548. The highest BCUT2D eigenvalue weighted by molar-refractivity contribution is 6.21.